The van der Waals surface area contributed by atoms with Gasteiger partial charge in [0.15, 0.2) is 6.04 Å². The minimum absolute atomic E-state index is 0. The maximum Gasteiger partial charge on any atom is 1.00 e. The summed E-state index contributed by atoms with van der Waals surface area (Å²) in [5.41, 5.74) is 3.87. The fourth-order valence-corrected chi connectivity index (χ4v) is 3.92. The van der Waals surface area contributed by atoms with Crippen LogP contribution in [0.25, 0.3) is 4.91 Å². The molecule has 1 unspecified atom stereocenters. The van der Waals surface area contributed by atoms with Crippen LogP contribution in [0.15, 0.2) is 70.9 Å². The third kappa shape index (κ3) is 4.39. The van der Waals surface area contributed by atoms with Crippen LogP contribution in [0, 0.1) is 0 Å². The van der Waals surface area contributed by atoms with Crippen LogP contribution in [-0.2, 0) is 19.7 Å². The van der Waals surface area contributed by atoms with E-state index in [2.05, 4.69) is 15.6 Å². The van der Waals surface area contributed by atoms with Gasteiger partial charge in [-0.15, -0.1) is 0 Å². The van der Waals surface area contributed by atoms with Crippen LogP contribution < -0.4 is 40.0 Å². The van der Waals surface area contributed by atoms with Crippen LogP contribution >= 0.6 is 0 Å². The van der Waals surface area contributed by atoms with Gasteiger partial charge >= 0.3 is 29.6 Å². The molecule has 152 valence electrons. The molecular formula is C20H15N4NaO5S. The summed E-state index contributed by atoms with van der Waals surface area (Å²) in [6.07, 6.45) is 0.749. The van der Waals surface area contributed by atoms with Gasteiger partial charge < -0.3 is 4.55 Å². The standard InChI is InChI=1S/C20H16N4O5S.Na/c1-12-18(20(26)24(23-12)13-7-3-2-4-8-13)21-22-19-15-10-6-5-9-14(15)17(11-16(19)25)30(27,28)29;/h2-11,18,21H,1H3,(H,27,28,29);/q;+1/p-1/b22-19-;. The molecule has 0 saturated carbocycles. The molecule has 0 aromatic heterocycles. The minimum Gasteiger partial charge on any atom is -0.744 e. The molecule has 1 N–H and O–H groups in total. The van der Waals surface area contributed by atoms with Crippen molar-refractivity contribution in [3.63, 3.8) is 0 Å². The van der Waals surface area contributed by atoms with E-state index in [9.17, 15) is 22.6 Å². The Morgan fingerprint density at radius 2 is 1.65 bits per heavy atom. The van der Waals surface area contributed by atoms with E-state index in [1.165, 1.54) is 17.1 Å². The molecule has 0 fully saturated rings. The molecule has 1 aliphatic heterocycles. The van der Waals surface area contributed by atoms with Crippen LogP contribution in [0.5, 0.6) is 0 Å². The number of amides is 1. The van der Waals surface area contributed by atoms with Crippen molar-refractivity contribution < 1.29 is 52.1 Å². The zero-order valence-electron chi connectivity index (χ0n) is 16.6. The number of carbonyl (C=O) groups excluding carboxylic acids is 2. The van der Waals surface area contributed by atoms with E-state index in [1.807, 2.05) is 6.07 Å². The molecule has 2 aromatic rings. The maximum absolute atomic E-state index is 12.8. The first kappa shape index (κ1) is 23.0. The van der Waals surface area contributed by atoms with Crippen molar-refractivity contribution in [2.75, 3.05) is 5.01 Å². The Bertz CT molecular complexity index is 1260. The fourth-order valence-electron chi connectivity index (χ4n) is 3.22. The maximum atomic E-state index is 12.8. The quantitative estimate of drug-likeness (QED) is 0.337. The second kappa shape index (κ2) is 8.85. The smallest absolute Gasteiger partial charge is 0.744 e. The number of hydrogen-bond donors (Lipinski definition) is 1. The molecule has 1 heterocycles. The van der Waals surface area contributed by atoms with Crippen LogP contribution in [-0.4, -0.2) is 42.1 Å². The molecule has 1 atom stereocenters. The third-order valence-electron chi connectivity index (χ3n) is 4.65. The van der Waals surface area contributed by atoms with Gasteiger partial charge in [-0.1, -0.05) is 42.5 Å². The molecular weight excluding hydrogens is 431 g/mol. The third-order valence-corrected chi connectivity index (χ3v) is 5.53. The average molecular weight is 446 g/mol. The second-order valence-corrected chi connectivity index (χ2v) is 7.97. The summed E-state index contributed by atoms with van der Waals surface area (Å²) in [6.45, 7) is 1.65. The number of allylic oxidation sites excluding steroid dienone is 1. The Balaban J connectivity index is 0.00000272. The fraction of sp³-hybridized carbons (Fsp3) is 0.100. The molecule has 2 aliphatic rings. The minimum atomic E-state index is -4.85. The molecule has 31 heavy (non-hydrogen) atoms. The Morgan fingerprint density at radius 3 is 2.29 bits per heavy atom. The molecule has 9 nitrogen and oxygen atoms in total. The molecule has 1 amide bonds. The predicted octanol–water partition coefficient (Wildman–Crippen LogP) is -1.76. The van der Waals surface area contributed by atoms with Gasteiger partial charge in [0.05, 0.1) is 16.3 Å². The number of anilines is 1. The second-order valence-electron chi connectivity index (χ2n) is 6.62. The van der Waals surface area contributed by atoms with E-state index in [-0.39, 0.29) is 52.3 Å². The first-order chi connectivity index (χ1) is 14.3. The number of fused-ring (bicyclic) bond motifs is 1. The first-order valence-electron chi connectivity index (χ1n) is 8.86. The zero-order valence-corrected chi connectivity index (χ0v) is 19.5. The number of para-hydroxylation sites is 1. The summed E-state index contributed by atoms with van der Waals surface area (Å²) in [6, 6.07) is 14.0. The van der Waals surface area contributed by atoms with E-state index >= 15 is 0 Å². The van der Waals surface area contributed by atoms with Crippen LogP contribution in [0.1, 0.15) is 18.1 Å². The molecule has 11 heteroatoms. The van der Waals surface area contributed by atoms with Crippen LogP contribution in [0.4, 0.5) is 5.69 Å². The molecule has 0 spiro atoms. The van der Waals surface area contributed by atoms with Crippen LogP contribution in [0.3, 0.4) is 0 Å². The van der Waals surface area contributed by atoms with Gasteiger partial charge in [-0.25, -0.2) is 8.42 Å². The van der Waals surface area contributed by atoms with Crippen molar-refractivity contribution in [1.82, 2.24) is 5.43 Å². The number of nitrogens with one attached hydrogen (secondary N) is 1. The van der Waals surface area contributed by atoms with E-state index in [4.69, 9.17) is 0 Å². The van der Waals surface area contributed by atoms with Gasteiger partial charge in [0.25, 0.3) is 5.91 Å². The van der Waals surface area contributed by atoms with Gasteiger partial charge in [-0.2, -0.15) is 15.2 Å². The van der Waals surface area contributed by atoms with Gasteiger partial charge in [-0.05, 0) is 19.1 Å². The number of hydrazone groups is 2. The zero-order chi connectivity index (χ0) is 21.5. The summed E-state index contributed by atoms with van der Waals surface area (Å²) < 4.78 is 34.6. The first-order valence-corrected chi connectivity index (χ1v) is 10.3. The monoisotopic (exact) mass is 446 g/mol. The number of rotatable bonds is 4. The molecule has 0 saturated heterocycles. The SMILES string of the molecule is CC1=NN(c2ccccc2)C(=O)C1N/N=C1\C(=O)C=C(S(=O)(=O)[O-])c2ccccc21.[Na+]. The summed E-state index contributed by atoms with van der Waals surface area (Å²) in [4.78, 5) is 24.6. The summed E-state index contributed by atoms with van der Waals surface area (Å²) in [5, 5.41) is 9.57. The number of ketones is 1. The predicted molar refractivity (Wildman–Crippen MR) is 110 cm³/mol. The Hall–Kier alpha value is -2.63. The molecule has 0 radical (unpaired) electrons. The molecule has 2 aromatic carbocycles. The largest absolute Gasteiger partial charge is 1.00 e. The Kier molecular flexibility index (Phi) is 6.58. The van der Waals surface area contributed by atoms with E-state index in [0.717, 1.165) is 6.08 Å². The van der Waals surface area contributed by atoms with Crippen molar-refractivity contribution in [2.45, 2.75) is 13.0 Å². The normalized spacial score (nSPS) is 19.5. The average Bonchev–Trinajstić information content (AvgIpc) is 3.00. The van der Waals surface area contributed by atoms with Gasteiger partial charge in [0.1, 0.15) is 15.8 Å². The number of hydrogen-bond acceptors (Lipinski definition) is 8. The molecule has 4 rings (SSSR count). The number of carbonyl (C=O) groups is 2. The topological polar surface area (TPSA) is 131 Å². The number of benzene rings is 2. The molecule has 0 bridgehead atoms. The van der Waals surface area contributed by atoms with E-state index in [1.54, 1.807) is 43.3 Å². The summed E-state index contributed by atoms with van der Waals surface area (Å²) in [7, 11) is -4.85. The summed E-state index contributed by atoms with van der Waals surface area (Å²) >= 11 is 0. The van der Waals surface area contributed by atoms with E-state index < -0.39 is 26.8 Å². The van der Waals surface area contributed by atoms with Gasteiger partial charge in [0.2, 0.25) is 5.78 Å². The Morgan fingerprint density at radius 1 is 1.03 bits per heavy atom. The summed E-state index contributed by atoms with van der Waals surface area (Å²) in [5.74, 6) is -1.13. The van der Waals surface area contributed by atoms with Crippen molar-refractivity contribution in [2.24, 2.45) is 10.2 Å². The van der Waals surface area contributed by atoms with Crippen molar-refractivity contribution in [3.05, 3.63) is 71.8 Å². The van der Waals surface area contributed by atoms with E-state index in [0.29, 0.717) is 11.4 Å². The van der Waals surface area contributed by atoms with Gasteiger partial charge in [-0.3, -0.25) is 15.0 Å². The van der Waals surface area contributed by atoms with Crippen molar-refractivity contribution >= 4 is 43.8 Å². The van der Waals surface area contributed by atoms with Crippen molar-refractivity contribution in [3.8, 4) is 0 Å². The molecule has 1 aliphatic carbocycles. The Labute approximate surface area is 200 Å². The van der Waals surface area contributed by atoms with Crippen LogP contribution in [0.2, 0.25) is 0 Å². The van der Waals surface area contributed by atoms with Crippen molar-refractivity contribution in [1.29, 1.82) is 0 Å². The van der Waals surface area contributed by atoms with Gasteiger partial charge in [0, 0.05) is 17.2 Å². The number of nitrogens with zero attached hydrogens (tertiary/aromatic N) is 3.